The van der Waals surface area contributed by atoms with E-state index >= 15 is 0 Å². The second-order valence-corrected chi connectivity index (χ2v) is 5.29. The Balaban J connectivity index is 2.03. The van der Waals surface area contributed by atoms with Crippen LogP contribution in [0.25, 0.3) is 0 Å². The van der Waals surface area contributed by atoms with Crippen LogP contribution in [0.3, 0.4) is 0 Å². The summed E-state index contributed by atoms with van der Waals surface area (Å²) in [5, 5.41) is 4.41. The molecule has 0 fully saturated rings. The van der Waals surface area contributed by atoms with Crippen LogP contribution in [0, 0.1) is 6.92 Å². The van der Waals surface area contributed by atoms with Crippen LogP contribution in [0.15, 0.2) is 12.3 Å². The average molecular weight is 262 g/mol. The lowest BCUT2D eigenvalue weighted by Gasteiger charge is -2.06. The fourth-order valence-corrected chi connectivity index (χ4v) is 2.44. The van der Waals surface area contributed by atoms with E-state index < -0.39 is 0 Å². The van der Waals surface area contributed by atoms with Gasteiger partial charge in [-0.25, -0.2) is 15.0 Å². The third kappa shape index (κ3) is 3.26. The van der Waals surface area contributed by atoms with Crippen LogP contribution in [-0.4, -0.2) is 15.0 Å². The smallest absolute Gasteiger partial charge is 0.130 e. The van der Waals surface area contributed by atoms with Crippen molar-refractivity contribution in [3.8, 4) is 0 Å². The highest BCUT2D eigenvalue weighted by atomic mass is 32.1. The van der Waals surface area contributed by atoms with Gasteiger partial charge in [0, 0.05) is 29.3 Å². The Morgan fingerprint density at radius 1 is 1.22 bits per heavy atom. The molecular formula is C13H18N4S. The lowest BCUT2D eigenvalue weighted by atomic mass is 10.3. The molecule has 2 rings (SSSR count). The van der Waals surface area contributed by atoms with Gasteiger partial charge >= 0.3 is 0 Å². The average Bonchev–Trinajstić information content (AvgIpc) is 2.83. The molecule has 0 saturated heterocycles. The number of thiazole rings is 1. The topological polar surface area (TPSA) is 50.7 Å². The number of aromatic nitrogens is 3. The fourth-order valence-electron chi connectivity index (χ4n) is 1.64. The van der Waals surface area contributed by atoms with Crippen molar-refractivity contribution in [2.45, 2.75) is 40.2 Å². The van der Waals surface area contributed by atoms with Crippen LogP contribution < -0.4 is 5.32 Å². The van der Waals surface area contributed by atoms with Gasteiger partial charge in [0.15, 0.2) is 0 Å². The molecule has 0 aliphatic heterocycles. The maximum absolute atomic E-state index is 4.45. The summed E-state index contributed by atoms with van der Waals surface area (Å²) in [5.41, 5.74) is 0.998. The molecular weight excluding hydrogens is 244 g/mol. The largest absolute Gasteiger partial charge is 0.363 e. The Labute approximate surface area is 112 Å². The summed E-state index contributed by atoms with van der Waals surface area (Å²) in [4.78, 5) is 14.5. The highest BCUT2D eigenvalue weighted by Gasteiger charge is 2.03. The molecule has 5 heteroatoms. The Bertz CT molecular complexity index is 521. The number of hydrogen-bond acceptors (Lipinski definition) is 5. The lowest BCUT2D eigenvalue weighted by molar-refractivity contribution is 0.911. The van der Waals surface area contributed by atoms with Crippen LogP contribution in [-0.2, 0) is 19.4 Å². The van der Waals surface area contributed by atoms with Crippen molar-refractivity contribution in [2.24, 2.45) is 0 Å². The number of nitrogens with one attached hydrogen (secondary N) is 1. The zero-order valence-corrected chi connectivity index (χ0v) is 11.8. The molecule has 0 aliphatic rings. The van der Waals surface area contributed by atoms with Crippen molar-refractivity contribution in [2.75, 3.05) is 5.32 Å². The molecule has 0 amide bonds. The first kappa shape index (κ1) is 13.0. The summed E-state index contributed by atoms with van der Waals surface area (Å²) in [7, 11) is 0. The fraction of sp³-hybridized carbons (Fsp3) is 0.462. The minimum absolute atomic E-state index is 0.726. The van der Waals surface area contributed by atoms with E-state index in [0.717, 1.165) is 41.7 Å². The first-order valence-corrected chi connectivity index (χ1v) is 7.05. The second-order valence-electron chi connectivity index (χ2n) is 4.09. The van der Waals surface area contributed by atoms with Crippen LogP contribution >= 0.6 is 11.3 Å². The van der Waals surface area contributed by atoms with E-state index in [1.807, 2.05) is 19.2 Å². The lowest BCUT2D eigenvalue weighted by Crippen LogP contribution is -2.04. The van der Waals surface area contributed by atoms with Gasteiger partial charge in [-0.3, -0.25) is 0 Å². The minimum atomic E-state index is 0.726. The van der Waals surface area contributed by atoms with Crippen molar-refractivity contribution in [1.29, 1.82) is 0 Å². The summed E-state index contributed by atoms with van der Waals surface area (Å²) in [6.45, 7) is 6.92. The standard InChI is InChI=1S/C13H18N4S/c1-4-10-7-15-13(18-10)8-14-12-6-9(3)16-11(5-2)17-12/h6-7H,4-5,8H2,1-3H3,(H,14,16,17). The van der Waals surface area contributed by atoms with E-state index in [1.54, 1.807) is 11.3 Å². The summed E-state index contributed by atoms with van der Waals surface area (Å²) >= 11 is 1.75. The first-order chi connectivity index (χ1) is 8.71. The minimum Gasteiger partial charge on any atom is -0.363 e. The Hall–Kier alpha value is -1.49. The third-order valence-electron chi connectivity index (χ3n) is 2.59. The summed E-state index contributed by atoms with van der Waals surface area (Å²) < 4.78 is 0. The summed E-state index contributed by atoms with van der Waals surface area (Å²) in [6.07, 6.45) is 3.85. The number of anilines is 1. The predicted octanol–water partition coefficient (Wildman–Crippen LogP) is 2.98. The van der Waals surface area contributed by atoms with Gasteiger partial charge < -0.3 is 5.32 Å². The van der Waals surface area contributed by atoms with Crippen molar-refractivity contribution >= 4 is 17.2 Å². The summed E-state index contributed by atoms with van der Waals surface area (Å²) in [5.74, 6) is 1.76. The van der Waals surface area contributed by atoms with E-state index in [2.05, 4.69) is 34.1 Å². The van der Waals surface area contributed by atoms with Gasteiger partial charge in [-0.15, -0.1) is 11.3 Å². The maximum Gasteiger partial charge on any atom is 0.130 e. The van der Waals surface area contributed by atoms with E-state index in [0.29, 0.717) is 0 Å². The summed E-state index contributed by atoms with van der Waals surface area (Å²) in [6, 6.07) is 1.97. The van der Waals surface area contributed by atoms with E-state index in [9.17, 15) is 0 Å². The molecule has 2 aromatic rings. The number of nitrogens with zero attached hydrogens (tertiary/aromatic N) is 3. The van der Waals surface area contributed by atoms with E-state index in [4.69, 9.17) is 0 Å². The van der Waals surface area contributed by atoms with E-state index in [1.165, 1.54) is 4.88 Å². The normalized spacial score (nSPS) is 10.6. The van der Waals surface area contributed by atoms with Gasteiger partial charge in [-0.1, -0.05) is 13.8 Å². The van der Waals surface area contributed by atoms with Gasteiger partial charge in [0.05, 0.1) is 6.54 Å². The zero-order valence-electron chi connectivity index (χ0n) is 11.0. The number of hydrogen-bond donors (Lipinski definition) is 1. The van der Waals surface area contributed by atoms with Crippen molar-refractivity contribution in [3.05, 3.63) is 33.7 Å². The Morgan fingerprint density at radius 3 is 2.72 bits per heavy atom. The van der Waals surface area contributed by atoms with Gasteiger partial charge in [-0.05, 0) is 13.3 Å². The molecule has 0 bridgehead atoms. The maximum atomic E-state index is 4.45. The first-order valence-electron chi connectivity index (χ1n) is 6.23. The molecule has 18 heavy (non-hydrogen) atoms. The molecule has 96 valence electrons. The molecule has 0 aromatic carbocycles. The van der Waals surface area contributed by atoms with Gasteiger partial charge in [0.1, 0.15) is 16.6 Å². The predicted molar refractivity (Wildman–Crippen MR) is 75.0 cm³/mol. The molecule has 0 unspecified atom stereocenters. The van der Waals surface area contributed by atoms with E-state index in [-0.39, 0.29) is 0 Å². The van der Waals surface area contributed by atoms with Gasteiger partial charge in [0.25, 0.3) is 0 Å². The SMILES string of the molecule is CCc1nc(C)cc(NCc2ncc(CC)s2)n1. The Morgan fingerprint density at radius 2 is 2.06 bits per heavy atom. The van der Waals surface area contributed by atoms with Crippen molar-refractivity contribution in [3.63, 3.8) is 0 Å². The molecule has 1 N–H and O–H groups in total. The van der Waals surface area contributed by atoms with Crippen LogP contribution in [0.2, 0.25) is 0 Å². The van der Waals surface area contributed by atoms with Gasteiger partial charge in [0.2, 0.25) is 0 Å². The molecule has 0 aliphatic carbocycles. The van der Waals surface area contributed by atoms with Crippen LogP contribution in [0.5, 0.6) is 0 Å². The van der Waals surface area contributed by atoms with Crippen molar-refractivity contribution < 1.29 is 0 Å². The molecule has 2 aromatic heterocycles. The van der Waals surface area contributed by atoms with Gasteiger partial charge in [-0.2, -0.15) is 0 Å². The van der Waals surface area contributed by atoms with Crippen molar-refractivity contribution in [1.82, 2.24) is 15.0 Å². The molecule has 4 nitrogen and oxygen atoms in total. The highest BCUT2D eigenvalue weighted by molar-refractivity contribution is 7.11. The number of rotatable bonds is 5. The number of aryl methyl sites for hydroxylation is 3. The monoisotopic (exact) mass is 262 g/mol. The quantitative estimate of drug-likeness (QED) is 0.900. The second kappa shape index (κ2) is 5.91. The third-order valence-corrected chi connectivity index (χ3v) is 3.73. The molecule has 2 heterocycles. The molecule has 0 saturated carbocycles. The molecule has 0 spiro atoms. The Kier molecular flexibility index (Phi) is 4.25. The van der Waals surface area contributed by atoms with Crippen LogP contribution in [0.1, 0.15) is 35.3 Å². The van der Waals surface area contributed by atoms with Crippen LogP contribution in [0.4, 0.5) is 5.82 Å². The molecule has 0 radical (unpaired) electrons. The highest BCUT2D eigenvalue weighted by Crippen LogP contribution is 2.15. The molecule has 0 atom stereocenters. The zero-order chi connectivity index (χ0) is 13.0.